The average molecular weight is 415 g/mol. The van der Waals surface area contributed by atoms with E-state index in [0.29, 0.717) is 18.5 Å². The monoisotopic (exact) mass is 415 g/mol. The third-order valence-corrected chi connectivity index (χ3v) is 6.52. The van der Waals surface area contributed by atoms with Gasteiger partial charge in [-0.05, 0) is 42.8 Å². The van der Waals surface area contributed by atoms with Crippen molar-refractivity contribution in [1.29, 1.82) is 0 Å². The molecule has 29 heavy (non-hydrogen) atoms. The molecular weight excluding hydrogens is 394 g/mol. The molecule has 152 valence electrons. The Labute approximate surface area is 169 Å². The van der Waals surface area contributed by atoms with Gasteiger partial charge in [-0.1, -0.05) is 19.1 Å². The van der Waals surface area contributed by atoms with E-state index in [-0.39, 0.29) is 22.1 Å². The lowest BCUT2D eigenvalue weighted by Gasteiger charge is -2.15. The number of nitrogens with zero attached hydrogens (tertiary/aromatic N) is 1. The highest BCUT2D eigenvalue weighted by molar-refractivity contribution is 7.91. The number of rotatable bonds is 7. The smallest absolute Gasteiger partial charge is 0.339 e. The fourth-order valence-corrected chi connectivity index (χ4v) is 4.19. The van der Waals surface area contributed by atoms with Crippen molar-refractivity contribution in [3.63, 3.8) is 0 Å². The van der Waals surface area contributed by atoms with Gasteiger partial charge >= 0.3 is 5.97 Å². The van der Waals surface area contributed by atoms with Crippen molar-refractivity contribution in [2.75, 3.05) is 23.8 Å². The number of hydrogen-bond donors (Lipinski definition) is 0. The van der Waals surface area contributed by atoms with Crippen LogP contribution >= 0.6 is 0 Å². The second kappa shape index (κ2) is 8.57. The summed E-state index contributed by atoms with van der Waals surface area (Å²) >= 11 is 0. The number of esters is 1. The van der Waals surface area contributed by atoms with Crippen molar-refractivity contribution in [3.8, 4) is 0 Å². The second-order valence-electron chi connectivity index (χ2n) is 6.59. The van der Waals surface area contributed by atoms with Gasteiger partial charge in [0, 0.05) is 24.2 Å². The van der Waals surface area contributed by atoms with Crippen LogP contribution in [0.15, 0.2) is 53.4 Å². The van der Waals surface area contributed by atoms with Crippen molar-refractivity contribution in [1.82, 2.24) is 0 Å². The minimum atomic E-state index is -3.60. The molecule has 3 rings (SSSR count). The van der Waals surface area contributed by atoms with Gasteiger partial charge in [-0.25, -0.2) is 13.2 Å². The van der Waals surface area contributed by atoms with Gasteiger partial charge in [0.15, 0.2) is 22.2 Å². The molecule has 0 radical (unpaired) electrons. The molecule has 0 bridgehead atoms. The normalized spacial score (nSPS) is 14.1. The van der Waals surface area contributed by atoms with Crippen molar-refractivity contribution in [2.24, 2.45) is 0 Å². The van der Waals surface area contributed by atoms with E-state index in [2.05, 4.69) is 0 Å². The summed E-state index contributed by atoms with van der Waals surface area (Å²) in [6.45, 7) is 1.63. The van der Waals surface area contributed by atoms with Crippen LogP contribution in [-0.4, -0.2) is 45.0 Å². The summed E-state index contributed by atoms with van der Waals surface area (Å²) in [5, 5.41) is 0. The third-order valence-electron chi connectivity index (χ3n) is 4.73. The first kappa shape index (κ1) is 20.7. The summed E-state index contributed by atoms with van der Waals surface area (Å²) in [6.07, 6.45) is 1.33. The molecule has 2 aromatic rings. The maximum Gasteiger partial charge on any atom is 0.339 e. The van der Waals surface area contributed by atoms with Crippen LogP contribution in [0.5, 0.6) is 0 Å². The second-order valence-corrected chi connectivity index (χ2v) is 8.84. The number of carbonyl (C=O) groups is 3. The largest absolute Gasteiger partial charge is 0.454 e. The summed E-state index contributed by atoms with van der Waals surface area (Å²) in [5.41, 5.74) is 0.965. The molecule has 0 saturated carbocycles. The number of anilines is 1. The van der Waals surface area contributed by atoms with Crippen LogP contribution in [0.25, 0.3) is 0 Å². The van der Waals surface area contributed by atoms with E-state index in [1.165, 1.54) is 31.2 Å². The van der Waals surface area contributed by atoms with Crippen molar-refractivity contribution in [2.45, 2.75) is 24.7 Å². The van der Waals surface area contributed by atoms with Crippen LogP contribution in [0.3, 0.4) is 0 Å². The topological polar surface area (TPSA) is 97.8 Å². The molecule has 1 heterocycles. The number of amides is 1. The Morgan fingerprint density at radius 2 is 1.76 bits per heavy atom. The fourth-order valence-electron chi connectivity index (χ4n) is 3.10. The van der Waals surface area contributed by atoms with Gasteiger partial charge in [0.05, 0.1) is 16.2 Å². The standard InChI is InChI=1S/C21H21NO6S/c1-2-29(26,27)19-7-4-3-6-17(19)21(25)28-14-18(23)15-9-11-16(12-10-15)22-13-5-8-20(22)24/h3-4,6-7,9-12H,2,5,8,13-14H2,1H3. The highest BCUT2D eigenvalue weighted by atomic mass is 32.2. The quantitative estimate of drug-likeness (QED) is 0.509. The molecule has 7 nitrogen and oxygen atoms in total. The summed E-state index contributed by atoms with van der Waals surface area (Å²) in [5.74, 6) is -1.39. The van der Waals surface area contributed by atoms with E-state index < -0.39 is 28.2 Å². The predicted octanol–water partition coefficient (Wildman–Crippen LogP) is 2.65. The molecule has 0 spiro atoms. The molecule has 1 saturated heterocycles. The molecule has 0 N–H and O–H groups in total. The zero-order valence-electron chi connectivity index (χ0n) is 16.0. The molecule has 8 heteroatoms. The van der Waals surface area contributed by atoms with Gasteiger partial charge in [0.2, 0.25) is 5.91 Å². The minimum Gasteiger partial charge on any atom is -0.454 e. The van der Waals surface area contributed by atoms with Crippen LogP contribution in [0.4, 0.5) is 5.69 Å². The summed E-state index contributed by atoms with van der Waals surface area (Å²) < 4.78 is 29.3. The van der Waals surface area contributed by atoms with Gasteiger partial charge < -0.3 is 9.64 Å². The molecule has 1 fully saturated rings. The van der Waals surface area contributed by atoms with Crippen LogP contribution in [0.2, 0.25) is 0 Å². The Kier molecular flexibility index (Phi) is 6.12. The van der Waals surface area contributed by atoms with Gasteiger partial charge in [0.1, 0.15) is 0 Å². The number of ether oxygens (including phenoxy) is 1. The van der Waals surface area contributed by atoms with Crippen molar-refractivity contribution >= 4 is 33.2 Å². The number of ketones is 1. The number of sulfone groups is 1. The first-order valence-electron chi connectivity index (χ1n) is 9.26. The van der Waals surface area contributed by atoms with E-state index in [9.17, 15) is 22.8 Å². The third kappa shape index (κ3) is 4.54. The zero-order chi connectivity index (χ0) is 21.0. The van der Waals surface area contributed by atoms with Gasteiger partial charge in [-0.2, -0.15) is 0 Å². The molecule has 2 aromatic carbocycles. The van der Waals surface area contributed by atoms with Crippen LogP contribution in [0, 0.1) is 0 Å². The van der Waals surface area contributed by atoms with Crippen molar-refractivity contribution < 1.29 is 27.5 Å². The van der Waals surface area contributed by atoms with Crippen molar-refractivity contribution in [3.05, 3.63) is 59.7 Å². The first-order valence-corrected chi connectivity index (χ1v) is 10.9. The number of hydrogen-bond acceptors (Lipinski definition) is 6. The van der Waals surface area contributed by atoms with E-state index in [0.717, 1.165) is 12.1 Å². The maximum absolute atomic E-state index is 12.3. The first-order chi connectivity index (χ1) is 13.8. The highest BCUT2D eigenvalue weighted by Crippen LogP contribution is 2.22. The lowest BCUT2D eigenvalue weighted by molar-refractivity contribution is -0.117. The van der Waals surface area contributed by atoms with Gasteiger partial charge in [-0.15, -0.1) is 0 Å². The van der Waals surface area contributed by atoms with Gasteiger partial charge in [-0.3, -0.25) is 9.59 Å². The Hall–Kier alpha value is -3.00. The molecular formula is C21H21NO6S. The SMILES string of the molecule is CCS(=O)(=O)c1ccccc1C(=O)OCC(=O)c1ccc(N2CCCC2=O)cc1. The summed E-state index contributed by atoms with van der Waals surface area (Å²) in [6, 6.07) is 12.3. The van der Waals surface area contributed by atoms with E-state index in [1.807, 2.05) is 0 Å². The highest BCUT2D eigenvalue weighted by Gasteiger charge is 2.23. The van der Waals surface area contributed by atoms with Gasteiger partial charge in [0.25, 0.3) is 0 Å². The Morgan fingerprint density at radius 3 is 2.38 bits per heavy atom. The molecule has 0 aliphatic carbocycles. The molecule has 0 aromatic heterocycles. The minimum absolute atomic E-state index is 0.0544. The Morgan fingerprint density at radius 1 is 1.07 bits per heavy atom. The van der Waals surface area contributed by atoms with E-state index in [4.69, 9.17) is 4.74 Å². The molecule has 0 atom stereocenters. The number of benzene rings is 2. The molecule has 1 aliphatic rings. The van der Waals surface area contributed by atoms with Crippen LogP contribution in [-0.2, 0) is 19.4 Å². The number of Topliss-reactive ketones (excluding diaryl/α,β-unsaturated/α-hetero) is 1. The van der Waals surface area contributed by atoms with E-state index >= 15 is 0 Å². The molecule has 1 aliphatic heterocycles. The Balaban J connectivity index is 1.67. The summed E-state index contributed by atoms with van der Waals surface area (Å²) in [4.78, 5) is 38.0. The number of carbonyl (C=O) groups excluding carboxylic acids is 3. The Bertz CT molecular complexity index is 1040. The van der Waals surface area contributed by atoms with E-state index in [1.54, 1.807) is 29.2 Å². The molecule has 0 unspecified atom stereocenters. The zero-order valence-corrected chi connectivity index (χ0v) is 16.8. The summed E-state index contributed by atoms with van der Waals surface area (Å²) in [7, 11) is -3.60. The predicted molar refractivity (Wildman–Crippen MR) is 107 cm³/mol. The van der Waals surface area contributed by atoms with Crippen LogP contribution < -0.4 is 4.90 Å². The average Bonchev–Trinajstić information content (AvgIpc) is 3.17. The van der Waals surface area contributed by atoms with Crippen LogP contribution in [0.1, 0.15) is 40.5 Å². The lowest BCUT2D eigenvalue weighted by Crippen LogP contribution is -2.23. The molecule has 1 amide bonds. The lowest BCUT2D eigenvalue weighted by atomic mass is 10.1. The fraction of sp³-hybridized carbons (Fsp3) is 0.286. The maximum atomic E-state index is 12.3.